The molecule has 1 saturated carbocycles. The van der Waals surface area contributed by atoms with Gasteiger partial charge in [-0.15, -0.1) is 0 Å². The lowest BCUT2D eigenvalue weighted by atomic mass is 9.95. The van der Waals surface area contributed by atoms with Crippen molar-refractivity contribution in [3.8, 4) is 0 Å². The van der Waals surface area contributed by atoms with Crippen molar-refractivity contribution in [2.24, 2.45) is 0 Å². The smallest absolute Gasteiger partial charge is 0.0681 e. The standard InChI is InChI=1S/C18H21N3/c1-12-18-15(9-10-19-12)16-11-14(7-8-17(16)21-18)20-13-5-3-2-4-6-13/h7-11,13,20-21H,2-6H2,1H3. The number of H-pyrrole nitrogens is 1. The van der Waals surface area contributed by atoms with Gasteiger partial charge in [0.1, 0.15) is 0 Å². The van der Waals surface area contributed by atoms with E-state index in [2.05, 4.69) is 46.5 Å². The predicted octanol–water partition coefficient (Wildman–Crippen LogP) is 4.77. The molecule has 1 aliphatic rings. The van der Waals surface area contributed by atoms with Gasteiger partial charge in [-0.3, -0.25) is 4.98 Å². The molecule has 4 rings (SSSR count). The largest absolute Gasteiger partial charge is 0.382 e. The van der Waals surface area contributed by atoms with Crippen LogP contribution in [-0.4, -0.2) is 16.0 Å². The lowest BCUT2D eigenvalue weighted by Crippen LogP contribution is -2.22. The minimum atomic E-state index is 0.643. The van der Waals surface area contributed by atoms with Gasteiger partial charge in [-0.05, 0) is 44.0 Å². The summed E-state index contributed by atoms with van der Waals surface area (Å²) in [5.41, 5.74) is 4.65. The van der Waals surface area contributed by atoms with Crippen LogP contribution in [0.25, 0.3) is 21.8 Å². The molecule has 1 fully saturated rings. The number of fused-ring (bicyclic) bond motifs is 3. The molecule has 0 atom stereocenters. The summed E-state index contributed by atoms with van der Waals surface area (Å²) in [6.07, 6.45) is 8.61. The third-order valence-electron chi connectivity index (χ3n) is 4.69. The van der Waals surface area contributed by atoms with Crippen LogP contribution in [0, 0.1) is 6.92 Å². The van der Waals surface area contributed by atoms with Gasteiger partial charge in [0.15, 0.2) is 0 Å². The van der Waals surface area contributed by atoms with Crippen LogP contribution < -0.4 is 5.32 Å². The van der Waals surface area contributed by atoms with Crippen LogP contribution in [0.1, 0.15) is 37.8 Å². The Hall–Kier alpha value is -2.03. The number of pyridine rings is 1. The quantitative estimate of drug-likeness (QED) is 0.709. The van der Waals surface area contributed by atoms with Gasteiger partial charge in [0.2, 0.25) is 0 Å². The molecule has 21 heavy (non-hydrogen) atoms. The summed E-state index contributed by atoms with van der Waals surface area (Å²) < 4.78 is 0. The molecule has 0 aliphatic heterocycles. The maximum absolute atomic E-state index is 4.37. The van der Waals surface area contributed by atoms with E-state index in [1.54, 1.807) is 0 Å². The zero-order valence-electron chi connectivity index (χ0n) is 12.4. The minimum Gasteiger partial charge on any atom is -0.382 e. The van der Waals surface area contributed by atoms with Crippen LogP contribution >= 0.6 is 0 Å². The van der Waals surface area contributed by atoms with Crippen molar-refractivity contribution < 1.29 is 0 Å². The van der Waals surface area contributed by atoms with E-state index in [0.717, 1.165) is 11.2 Å². The van der Waals surface area contributed by atoms with Crippen molar-refractivity contribution in [1.82, 2.24) is 9.97 Å². The van der Waals surface area contributed by atoms with E-state index in [9.17, 15) is 0 Å². The number of rotatable bonds is 2. The van der Waals surface area contributed by atoms with Gasteiger partial charge in [-0.25, -0.2) is 0 Å². The minimum absolute atomic E-state index is 0.643. The van der Waals surface area contributed by atoms with Gasteiger partial charge in [-0.1, -0.05) is 19.3 Å². The van der Waals surface area contributed by atoms with Crippen molar-refractivity contribution in [3.63, 3.8) is 0 Å². The maximum atomic E-state index is 4.37. The molecule has 0 bridgehead atoms. The summed E-state index contributed by atoms with van der Waals surface area (Å²) in [5.74, 6) is 0. The van der Waals surface area contributed by atoms with Crippen LogP contribution in [0.4, 0.5) is 5.69 Å². The predicted molar refractivity (Wildman–Crippen MR) is 88.8 cm³/mol. The van der Waals surface area contributed by atoms with E-state index in [-0.39, 0.29) is 0 Å². The van der Waals surface area contributed by atoms with Gasteiger partial charge in [-0.2, -0.15) is 0 Å². The average Bonchev–Trinajstić information content (AvgIpc) is 2.88. The molecule has 0 spiro atoms. The van der Waals surface area contributed by atoms with Crippen LogP contribution in [0.2, 0.25) is 0 Å². The summed E-state index contributed by atoms with van der Waals surface area (Å²) in [7, 11) is 0. The Morgan fingerprint density at radius 2 is 1.95 bits per heavy atom. The third kappa shape index (κ3) is 2.27. The van der Waals surface area contributed by atoms with E-state index < -0.39 is 0 Å². The van der Waals surface area contributed by atoms with E-state index in [0.29, 0.717) is 6.04 Å². The lowest BCUT2D eigenvalue weighted by molar-refractivity contribution is 0.463. The molecule has 0 amide bonds. The topological polar surface area (TPSA) is 40.7 Å². The van der Waals surface area contributed by atoms with E-state index in [1.165, 1.54) is 54.1 Å². The van der Waals surface area contributed by atoms with Gasteiger partial charge in [0, 0.05) is 34.2 Å². The molecule has 1 aliphatic carbocycles. The number of anilines is 1. The Kier molecular flexibility index (Phi) is 3.06. The molecule has 3 heteroatoms. The van der Waals surface area contributed by atoms with E-state index in [4.69, 9.17) is 0 Å². The van der Waals surface area contributed by atoms with Gasteiger partial charge in [0.05, 0.1) is 11.2 Å². The zero-order valence-corrected chi connectivity index (χ0v) is 12.4. The van der Waals surface area contributed by atoms with E-state index >= 15 is 0 Å². The van der Waals surface area contributed by atoms with Crippen molar-refractivity contribution >= 4 is 27.5 Å². The number of nitrogens with zero attached hydrogens (tertiary/aromatic N) is 1. The Morgan fingerprint density at radius 3 is 2.81 bits per heavy atom. The average molecular weight is 279 g/mol. The first kappa shape index (κ1) is 12.7. The van der Waals surface area contributed by atoms with Crippen LogP contribution in [0.3, 0.4) is 0 Å². The fraction of sp³-hybridized carbons (Fsp3) is 0.389. The fourth-order valence-corrected chi connectivity index (χ4v) is 3.53. The number of nitrogens with one attached hydrogen (secondary N) is 2. The molecule has 0 unspecified atom stereocenters. The number of aromatic amines is 1. The molecule has 2 aromatic heterocycles. The van der Waals surface area contributed by atoms with Crippen molar-refractivity contribution in [2.75, 3.05) is 5.32 Å². The molecule has 3 nitrogen and oxygen atoms in total. The molecular formula is C18H21N3. The fourth-order valence-electron chi connectivity index (χ4n) is 3.53. The molecule has 3 aromatic rings. The third-order valence-corrected chi connectivity index (χ3v) is 4.69. The molecule has 0 saturated heterocycles. The highest BCUT2D eigenvalue weighted by molar-refractivity contribution is 6.08. The summed E-state index contributed by atoms with van der Waals surface area (Å²) in [6, 6.07) is 9.40. The van der Waals surface area contributed by atoms with E-state index in [1.807, 2.05) is 6.20 Å². The summed E-state index contributed by atoms with van der Waals surface area (Å²) in [5, 5.41) is 6.27. The number of aryl methyl sites for hydroxylation is 1. The Balaban J connectivity index is 1.74. The zero-order chi connectivity index (χ0) is 14.2. The van der Waals surface area contributed by atoms with Gasteiger partial charge < -0.3 is 10.3 Å². The normalized spacial score (nSPS) is 16.6. The second-order valence-corrected chi connectivity index (χ2v) is 6.18. The first-order valence-corrected chi connectivity index (χ1v) is 7.95. The van der Waals surface area contributed by atoms with Crippen molar-refractivity contribution in [2.45, 2.75) is 45.1 Å². The van der Waals surface area contributed by atoms with Crippen LogP contribution in [0.5, 0.6) is 0 Å². The van der Waals surface area contributed by atoms with Gasteiger partial charge >= 0.3 is 0 Å². The summed E-state index contributed by atoms with van der Waals surface area (Å²) in [4.78, 5) is 7.86. The maximum Gasteiger partial charge on any atom is 0.0681 e. The highest BCUT2D eigenvalue weighted by atomic mass is 14.9. The monoisotopic (exact) mass is 279 g/mol. The summed E-state index contributed by atoms with van der Waals surface area (Å²) >= 11 is 0. The number of hydrogen-bond acceptors (Lipinski definition) is 2. The SMILES string of the molecule is Cc1nccc2c1[nH]c1ccc(NC3CCCCC3)cc12. The first-order valence-electron chi connectivity index (χ1n) is 7.95. The van der Waals surface area contributed by atoms with Crippen LogP contribution in [0.15, 0.2) is 30.5 Å². The molecular weight excluding hydrogens is 258 g/mol. The van der Waals surface area contributed by atoms with Gasteiger partial charge in [0.25, 0.3) is 0 Å². The lowest BCUT2D eigenvalue weighted by Gasteiger charge is -2.23. The van der Waals surface area contributed by atoms with Crippen molar-refractivity contribution in [3.05, 3.63) is 36.2 Å². The second-order valence-electron chi connectivity index (χ2n) is 6.18. The molecule has 108 valence electrons. The van der Waals surface area contributed by atoms with Crippen LogP contribution in [-0.2, 0) is 0 Å². The number of benzene rings is 1. The van der Waals surface area contributed by atoms with Crippen molar-refractivity contribution in [1.29, 1.82) is 0 Å². The molecule has 2 N–H and O–H groups in total. The number of hydrogen-bond donors (Lipinski definition) is 2. The number of aromatic nitrogens is 2. The molecule has 0 radical (unpaired) electrons. The second kappa shape index (κ2) is 5.06. The molecule has 2 heterocycles. The highest BCUT2D eigenvalue weighted by Gasteiger charge is 2.13. The Labute approximate surface area is 124 Å². The Bertz CT molecular complexity index is 782. The first-order chi connectivity index (χ1) is 10.3. The molecule has 1 aromatic carbocycles. The highest BCUT2D eigenvalue weighted by Crippen LogP contribution is 2.30. The summed E-state index contributed by atoms with van der Waals surface area (Å²) in [6.45, 7) is 2.05. The Morgan fingerprint density at radius 1 is 1.10 bits per heavy atom.